The van der Waals surface area contributed by atoms with Crippen LogP contribution in [-0.4, -0.2) is 37.0 Å². The van der Waals surface area contributed by atoms with E-state index in [0.29, 0.717) is 12.6 Å². The molecule has 0 aliphatic carbocycles. The number of hydrogen-bond donors (Lipinski definition) is 2. The number of nitrogens with one attached hydrogen (secondary N) is 2. The molecule has 0 aromatic carbocycles. The summed E-state index contributed by atoms with van der Waals surface area (Å²) in [6.07, 6.45) is 1.68. The van der Waals surface area contributed by atoms with Crippen LogP contribution in [0.3, 0.4) is 0 Å². The van der Waals surface area contributed by atoms with E-state index >= 15 is 0 Å². The second-order valence-electron chi connectivity index (χ2n) is 5.45. The van der Waals surface area contributed by atoms with Crippen molar-refractivity contribution in [3.05, 3.63) is 46.5 Å². The molecule has 0 saturated carbocycles. The molecule has 2 heterocycles. The van der Waals surface area contributed by atoms with Gasteiger partial charge in [0.05, 0.1) is 12.3 Å². The van der Waals surface area contributed by atoms with Crippen molar-refractivity contribution >= 4 is 41.3 Å². The first-order valence-corrected chi connectivity index (χ1v) is 9.53. The zero-order valence-electron chi connectivity index (χ0n) is 15.2. The van der Waals surface area contributed by atoms with Gasteiger partial charge in [-0.1, -0.05) is 13.8 Å². The quantitative estimate of drug-likeness (QED) is 0.325. The van der Waals surface area contributed by atoms with E-state index in [2.05, 4.69) is 58.1 Å². The third kappa shape index (κ3) is 6.99. The maximum Gasteiger partial charge on any atom is 0.191 e. The summed E-state index contributed by atoms with van der Waals surface area (Å²) in [7, 11) is 0. The fraction of sp³-hybridized carbons (Fsp3) is 0.500. The third-order valence-electron chi connectivity index (χ3n) is 3.96. The van der Waals surface area contributed by atoms with Crippen molar-refractivity contribution in [2.24, 2.45) is 4.99 Å². The smallest absolute Gasteiger partial charge is 0.191 e. The molecule has 140 valence electrons. The Morgan fingerprint density at radius 2 is 2.04 bits per heavy atom. The standard InChI is InChI=1S/C18H28N4OS.HI/c1-4-19-18(20-12-16-8-7-10-23-16)21-13-17(22(5-2)6-3)15-9-11-24-14-15;/h7-11,14,17H,4-6,12-13H2,1-3H3,(H2,19,20,21);1H. The second-order valence-corrected chi connectivity index (χ2v) is 6.23. The van der Waals surface area contributed by atoms with Crippen LogP contribution in [0.5, 0.6) is 0 Å². The van der Waals surface area contributed by atoms with Gasteiger partial charge in [-0.15, -0.1) is 24.0 Å². The zero-order chi connectivity index (χ0) is 17.2. The first-order valence-electron chi connectivity index (χ1n) is 8.59. The lowest BCUT2D eigenvalue weighted by Crippen LogP contribution is -2.43. The maximum atomic E-state index is 5.35. The van der Waals surface area contributed by atoms with E-state index < -0.39 is 0 Å². The fourth-order valence-corrected chi connectivity index (χ4v) is 3.39. The van der Waals surface area contributed by atoms with Crippen LogP contribution >= 0.6 is 35.3 Å². The summed E-state index contributed by atoms with van der Waals surface area (Å²) in [5, 5.41) is 11.2. The highest BCUT2D eigenvalue weighted by Gasteiger charge is 2.18. The lowest BCUT2D eigenvalue weighted by atomic mass is 10.1. The molecule has 2 aromatic heterocycles. The number of rotatable bonds is 9. The molecule has 0 saturated heterocycles. The summed E-state index contributed by atoms with van der Waals surface area (Å²) in [5.41, 5.74) is 1.36. The van der Waals surface area contributed by atoms with E-state index in [1.54, 1.807) is 17.6 Å². The van der Waals surface area contributed by atoms with Crippen LogP contribution in [0.25, 0.3) is 0 Å². The lowest BCUT2D eigenvalue weighted by Gasteiger charge is -2.30. The van der Waals surface area contributed by atoms with Crippen molar-refractivity contribution < 1.29 is 4.42 Å². The van der Waals surface area contributed by atoms with Crippen molar-refractivity contribution in [1.82, 2.24) is 15.5 Å². The van der Waals surface area contributed by atoms with E-state index in [-0.39, 0.29) is 24.0 Å². The molecular weight excluding hydrogens is 447 g/mol. The second kappa shape index (κ2) is 12.3. The van der Waals surface area contributed by atoms with Crippen molar-refractivity contribution in [3.8, 4) is 0 Å². The number of guanidine groups is 1. The Labute approximate surface area is 171 Å². The predicted octanol–water partition coefficient (Wildman–Crippen LogP) is 4.10. The van der Waals surface area contributed by atoms with Gasteiger partial charge < -0.3 is 15.1 Å². The Morgan fingerprint density at radius 1 is 1.24 bits per heavy atom. The van der Waals surface area contributed by atoms with E-state index in [9.17, 15) is 0 Å². The predicted molar refractivity (Wildman–Crippen MR) is 117 cm³/mol. The van der Waals surface area contributed by atoms with Gasteiger partial charge in [0.15, 0.2) is 5.96 Å². The lowest BCUT2D eigenvalue weighted by molar-refractivity contribution is 0.219. The van der Waals surface area contributed by atoms with Gasteiger partial charge in [-0.25, -0.2) is 4.99 Å². The molecule has 7 heteroatoms. The van der Waals surface area contributed by atoms with Gasteiger partial charge >= 0.3 is 0 Å². The summed E-state index contributed by atoms with van der Waals surface area (Å²) in [5.74, 6) is 1.69. The van der Waals surface area contributed by atoms with Crippen LogP contribution in [-0.2, 0) is 6.54 Å². The minimum Gasteiger partial charge on any atom is -0.467 e. The molecule has 2 N–H and O–H groups in total. The molecule has 0 aliphatic rings. The monoisotopic (exact) mass is 476 g/mol. The largest absolute Gasteiger partial charge is 0.467 e. The van der Waals surface area contributed by atoms with Gasteiger partial charge in [0, 0.05) is 13.1 Å². The van der Waals surface area contributed by atoms with Crippen molar-refractivity contribution in [3.63, 3.8) is 0 Å². The average molecular weight is 476 g/mol. The molecule has 2 aromatic rings. The van der Waals surface area contributed by atoms with Crippen LogP contribution in [0.1, 0.15) is 38.1 Å². The molecule has 1 atom stereocenters. The topological polar surface area (TPSA) is 52.8 Å². The molecule has 0 fully saturated rings. The van der Waals surface area contributed by atoms with Crippen LogP contribution in [0.15, 0.2) is 44.6 Å². The average Bonchev–Trinajstić information content (AvgIpc) is 3.29. The van der Waals surface area contributed by atoms with Gasteiger partial charge in [-0.05, 0) is 54.5 Å². The molecular formula is C18H29IN4OS. The third-order valence-corrected chi connectivity index (χ3v) is 4.66. The summed E-state index contributed by atoms with van der Waals surface area (Å²) >= 11 is 1.75. The first kappa shape index (κ1) is 22.0. The van der Waals surface area contributed by atoms with Crippen LogP contribution in [0.2, 0.25) is 0 Å². The summed E-state index contributed by atoms with van der Waals surface area (Å²) in [6, 6.07) is 6.39. The normalized spacial score (nSPS) is 12.7. The highest BCUT2D eigenvalue weighted by molar-refractivity contribution is 14.0. The van der Waals surface area contributed by atoms with E-state index in [4.69, 9.17) is 4.42 Å². The SMILES string of the molecule is CCNC(=NCc1ccco1)NCC(c1ccsc1)N(CC)CC.I. The number of nitrogens with zero attached hydrogens (tertiary/aromatic N) is 2. The van der Waals surface area contributed by atoms with Crippen LogP contribution in [0.4, 0.5) is 0 Å². The summed E-state index contributed by atoms with van der Waals surface area (Å²) in [4.78, 5) is 7.07. The maximum absolute atomic E-state index is 5.35. The van der Waals surface area contributed by atoms with Gasteiger partial charge in [0.25, 0.3) is 0 Å². The van der Waals surface area contributed by atoms with Crippen molar-refractivity contribution in [1.29, 1.82) is 0 Å². The molecule has 0 radical (unpaired) electrons. The van der Waals surface area contributed by atoms with Gasteiger partial charge in [0.1, 0.15) is 12.3 Å². The minimum absolute atomic E-state index is 0. The fourth-order valence-electron chi connectivity index (χ4n) is 2.68. The van der Waals surface area contributed by atoms with Crippen LogP contribution < -0.4 is 10.6 Å². The van der Waals surface area contributed by atoms with Gasteiger partial charge in [0.2, 0.25) is 0 Å². The van der Waals surface area contributed by atoms with E-state index in [0.717, 1.165) is 37.9 Å². The Balaban J connectivity index is 0.00000312. The first-order chi connectivity index (χ1) is 11.8. The molecule has 1 unspecified atom stereocenters. The highest BCUT2D eigenvalue weighted by Crippen LogP contribution is 2.22. The Bertz CT molecular complexity index is 582. The highest BCUT2D eigenvalue weighted by atomic mass is 127. The summed E-state index contributed by atoms with van der Waals surface area (Å²) < 4.78 is 5.35. The van der Waals surface area contributed by atoms with E-state index in [1.807, 2.05) is 12.1 Å². The van der Waals surface area contributed by atoms with Gasteiger partial charge in [-0.3, -0.25) is 4.90 Å². The van der Waals surface area contributed by atoms with E-state index in [1.165, 1.54) is 5.56 Å². The number of aliphatic imine (C=N–C) groups is 1. The molecule has 2 rings (SSSR count). The van der Waals surface area contributed by atoms with Crippen molar-refractivity contribution in [2.45, 2.75) is 33.4 Å². The molecule has 0 spiro atoms. The number of likely N-dealkylation sites (N-methyl/N-ethyl adjacent to an activating group) is 1. The Kier molecular flexibility index (Phi) is 10.8. The number of hydrogen-bond acceptors (Lipinski definition) is 4. The number of thiophene rings is 1. The molecule has 5 nitrogen and oxygen atoms in total. The zero-order valence-corrected chi connectivity index (χ0v) is 18.3. The Morgan fingerprint density at radius 3 is 2.60 bits per heavy atom. The molecule has 25 heavy (non-hydrogen) atoms. The minimum atomic E-state index is 0. The van der Waals surface area contributed by atoms with Gasteiger partial charge in [-0.2, -0.15) is 11.3 Å². The number of furan rings is 1. The molecule has 0 bridgehead atoms. The van der Waals surface area contributed by atoms with Crippen LogP contribution in [0, 0.1) is 0 Å². The molecule has 0 aliphatic heterocycles. The Hall–Kier alpha value is -1.06. The number of halogens is 1. The summed E-state index contributed by atoms with van der Waals surface area (Å²) in [6.45, 7) is 10.7. The molecule has 0 amide bonds. The van der Waals surface area contributed by atoms with Crippen molar-refractivity contribution in [2.75, 3.05) is 26.2 Å².